The lowest BCUT2D eigenvalue weighted by Crippen LogP contribution is -2.39. The van der Waals surface area contributed by atoms with Crippen molar-refractivity contribution in [3.8, 4) is 0 Å². The van der Waals surface area contributed by atoms with Gasteiger partial charge in [0.05, 0.1) is 6.61 Å². The summed E-state index contributed by atoms with van der Waals surface area (Å²) in [4.78, 5) is 10.7. The lowest BCUT2D eigenvalue weighted by Gasteiger charge is -2.16. The third-order valence-corrected chi connectivity index (χ3v) is 1.26. The SMILES string of the molecule is CO[C@H](C(=O)CO)[C@H](O)CO. The lowest BCUT2D eigenvalue weighted by atomic mass is 10.1. The molecule has 3 N–H and O–H groups in total. The van der Waals surface area contributed by atoms with Gasteiger partial charge in [0, 0.05) is 7.11 Å². The van der Waals surface area contributed by atoms with E-state index in [1.165, 1.54) is 7.11 Å². The molecule has 0 unspecified atom stereocenters. The van der Waals surface area contributed by atoms with Crippen LogP contribution in [0.4, 0.5) is 0 Å². The minimum atomic E-state index is -1.26. The van der Waals surface area contributed by atoms with E-state index in [1.807, 2.05) is 0 Å². The zero-order valence-corrected chi connectivity index (χ0v) is 6.23. The number of hydrogen-bond donors (Lipinski definition) is 3. The molecular formula is C6H12O5. The van der Waals surface area contributed by atoms with Gasteiger partial charge in [-0.05, 0) is 0 Å². The van der Waals surface area contributed by atoms with Crippen LogP contribution in [-0.4, -0.2) is 53.6 Å². The zero-order valence-electron chi connectivity index (χ0n) is 6.23. The Morgan fingerprint density at radius 3 is 2.36 bits per heavy atom. The largest absolute Gasteiger partial charge is 0.394 e. The number of ether oxygens (including phenoxy) is 1. The fourth-order valence-electron chi connectivity index (χ4n) is 0.689. The minimum absolute atomic E-state index is 0.565. The Balaban J connectivity index is 4.03. The molecule has 0 amide bonds. The summed E-state index contributed by atoms with van der Waals surface area (Å²) < 4.78 is 4.54. The first-order valence-electron chi connectivity index (χ1n) is 3.12. The summed E-state index contributed by atoms with van der Waals surface area (Å²) >= 11 is 0. The molecule has 0 aliphatic carbocycles. The maximum absolute atomic E-state index is 10.7. The second-order valence-electron chi connectivity index (χ2n) is 2.03. The number of Topliss-reactive ketones (excluding diaryl/α,β-unsaturated/α-hetero) is 1. The predicted molar refractivity (Wildman–Crippen MR) is 36.0 cm³/mol. The molecule has 0 bridgehead atoms. The third kappa shape index (κ3) is 2.94. The summed E-state index contributed by atoms with van der Waals surface area (Å²) in [5.74, 6) is -0.644. The number of rotatable bonds is 5. The maximum atomic E-state index is 10.7. The fraction of sp³-hybridized carbons (Fsp3) is 0.833. The van der Waals surface area contributed by atoms with Gasteiger partial charge in [-0.3, -0.25) is 4.79 Å². The molecule has 0 aliphatic rings. The van der Waals surface area contributed by atoms with Gasteiger partial charge >= 0.3 is 0 Å². The highest BCUT2D eigenvalue weighted by Gasteiger charge is 2.24. The van der Waals surface area contributed by atoms with Crippen LogP contribution < -0.4 is 0 Å². The molecule has 0 saturated carbocycles. The third-order valence-electron chi connectivity index (χ3n) is 1.26. The Labute approximate surface area is 64.2 Å². The van der Waals surface area contributed by atoms with E-state index in [4.69, 9.17) is 15.3 Å². The topological polar surface area (TPSA) is 87.0 Å². The summed E-state index contributed by atoms with van der Waals surface area (Å²) in [6.07, 6.45) is -2.40. The molecule has 2 atom stereocenters. The molecule has 0 aliphatic heterocycles. The average molecular weight is 164 g/mol. The van der Waals surface area contributed by atoms with Crippen LogP contribution >= 0.6 is 0 Å². The van der Waals surface area contributed by atoms with Crippen LogP contribution in [0.2, 0.25) is 0 Å². The van der Waals surface area contributed by atoms with Gasteiger partial charge in [0.15, 0.2) is 5.78 Å². The number of hydrogen-bond acceptors (Lipinski definition) is 5. The van der Waals surface area contributed by atoms with Crippen molar-refractivity contribution in [2.45, 2.75) is 12.2 Å². The zero-order chi connectivity index (χ0) is 8.85. The summed E-state index contributed by atoms with van der Waals surface area (Å²) in [7, 11) is 1.22. The van der Waals surface area contributed by atoms with Crippen molar-refractivity contribution in [3.05, 3.63) is 0 Å². The molecule has 11 heavy (non-hydrogen) atoms. The number of carbonyl (C=O) groups is 1. The Kier molecular flexibility index (Phi) is 4.97. The Morgan fingerprint density at radius 1 is 1.55 bits per heavy atom. The summed E-state index contributed by atoms with van der Waals surface area (Å²) in [6, 6.07) is 0. The highest BCUT2D eigenvalue weighted by molar-refractivity contribution is 5.84. The Bertz CT molecular complexity index is 124. The molecule has 0 rings (SSSR count). The normalized spacial score (nSPS) is 16.0. The minimum Gasteiger partial charge on any atom is -0.394 e. The van der Waals surface area contributed by atoms with Crippen molar-refractivity contribution in [2.24, 2.45) is 0 Å². The molecule has 0 saturated heterocycles. The van der Waals surface area contributed by atoms with E-state index in [0.29, 0.717) is 0 Å². The van der Waals surface area contributed by atoms with Crippen LogP contribution in [0.5, 0.6) is 0 Å². The average Bonchev–Trinajstić information content (AvgIpc) is 2.05. The van der Waals surface area contributed by atoms with E-state index in [1.54, 1.807) is 0 Å². The standard InChI is InChI=1S/C6H12O5/c1-11-6(4(9)2-7)5(10)3-8/h4,6-9H,2-3H2,1H3/t4-,6+/m1/s1. The summed E-state index contributed by atoms with van der Waals surface area (Å²) in [6.45, 7) is -1.26. The second-order valence-corrected chi connectivity index (χ2v) is 2.03. The highest BCUT2D eigenvalue weighted by atomic mass is 16.5. The number of carbonyl (C=O) groups excluding carboxylic acids is 1. The van der Waals surface area contributed by atoms with Gasteiger partial charge < -0.3 is 20.1 Å². The molecule has 5 heteroatoms. The second kappa shape index (κ2) is 5.20. The van der Waals surface area contributed by atoms with Crippen molar-refractivity contribution in [1.29, 1.82) is 0 Å². The molecule has 0 aromatic carbocycles. The van der Waals surface area contributed by atoms with Crippen LogP contribution in [0.15, 0.2) is 0 Å². The van der Waals surface area contributed by atoms with Gasteiger partial charge in [-0.2, -0.15) is 0 Å². The van der Waals surface area contributed by atoms with E-state index in [-0.39, 0.29) is 0 Å². The smallest absolute Gasteiger partial charge is 0.189 e. The van der Waals surface area contributed by atoms with Gasteiger partial charge in [-0.15, -0.1) is 0 Å². The Hall–Kier alpha value is -0.490. The fourth-order valence-corrected chi connectivity index (χ4v) is 0.689. The van der Waals surface area contributed by atoms with Gasteiger partial charge in [0.25, 0.3) is 0 Å². The van der Waals surface area contributed by atoms with Crippen molar-refractivity contribution in [3.63, 3.8) is 0 Å². The van der Waals surface area contributed by atoms with E-state index in [0.717, 1.165) is 0 Å². The van der Waals surface area contributed by atoms with Crippen LogP contribution in [0.3, 0.4) is 0 Å². The van der Waals surface area contributed by atoms with E-state index >= 15 is 0 Å². The van der Waals surface area contributed by atoms with Crippen molar-refractivity contribution in [1.82, 2.24) is 0 Å². The molecule has 0 aromatic heterocycles. The molecule has 0 spiro atoms. The van der Waals surface area contributed by atoms with Crippen molar-refractivity contribution < 1.29 is 24.9 Å². The maximum Gasteiger partial charge on any atom is 0.189 e. The van der Waals surface area contributed by atoms with Crippen molar-refractivity contribution in [2.75, 3.05) is 20.3 Å². The molecule has 0 heterocycles. The van der Waals surface area contributed by atoms with E-state index in [2.05, 4.69) is 4.74 Å². The van der Waals surface area contributed by atoms with Crippen LogP contribution in [0, 0.1) is 0 Å². The first-order valence-corrected chi connectivity index (χ1v) is 3.12. The number of aliphatic hydroxyl groups excluding tert-OH is 3. The Morgan fingerprint density at radius 2 is 2.09 bits per heavy atom. The van der Waals surface area contributed by atoms with Gasteiger partial charge in [-0.25, -0.2) is 0 Å². The number of aliphatic hydroxyl groups is 3. The quantitative estimate of drug-likeness (QED) is 0.434. The molecular weight excluding hydrogens is 152 g/mol. The van der Waals surface area contributed by atoms with Crippen LogP contribution in [0.1, 0.15) is 0 Å². The summed E-state index contributed by atoms with van der Waals surface area (Å²) in [5, 5.41) is 25.7. The van der Waals surface area contributed by atoms with Crippen LogP contribution in [-0.2, 0) is 9.53 Å². The molecule has 0 aromatic rings. The molecule has 0 radical (unpaired) electrons. The summed E-state index contributed by atoms with van der Waals surface area (Å²) in [5.41, 5.74) is 0. The van der Waals surface area contributed by atoms with Gasteiger partial charge in [0.1, 0.15) is 18.8 Å². The van der Waals surface area contributed by atoms with Gasteiger partial charge in [0.2, 0.25) is 0 Å². The van der Waals surface area contributed by atoms with Gasteiger partial charge in [-0.1, -0.05) is 0 Å². The first-order chi connectivity index (χ1) is 5.17. The van der Waals surface area contributed by atoms with E-state index < -0.39 is 31.2 Å². The number of ketones is 1. The first kappa shape index (κ1) is 10.5. The van der Waals surface area contributed by atoms with E-state index in [9.17, 15) is 4.79 Å². The number of methoxy groups -OCH3 is 1. The predicted octanol–water partition coefficient (Wildman–Crippen LogP) is -2.08. The molecule has 66 valence electrons. The molecule has 0 fully saturated rings. The van der Waals surface area contributed by atoms with Crippen LogP contribution in [0.25, 0.3) is 0 Å². The lowest BCUT2D eigenvalue weighted by molar-refractivity contribution is -0.140. The molecule has 5 nitrogen and oxygen atoms in total. The highest BCUT2D eigenvalue weighted by Crippen LogP contribution is 1.98. The monoisotopic (exact) mass is 164 g/mol. The van der Waals surface area contributed by atoms with Crippen molar-refractivity contribution >= 4 is 5.78 Å².